The lowest BCUT2D eigenvalue weighted by Crippen LogP contribution is -2.15. The van der Waals surface area contributed by atoms with Crippen molar-refractivity contribution in [3.8, 4) is 0 Å². The molecule has 2 aromatic heterocycles. The molecule has 6 nitrogen and oxygen atoms in total. The molecular weight excluding hydrogens is 300 g/mol. The molecule has 7 heteroatoms. The Kier molecular flexibility index (Phi) is 2.70. The highest BCUT2D eigenvalue weighted by Crippen LogP contribution is 2.39. The molecule has 0 aliphatic heterocycles. The van der Waals surface area contributed by atoms with Gasteiger partial charge in [-0.2, -0.15) is 0 Å². The maximum atomic E-state index is 12.0. The van der Waals surface area contributed by atoms with Gasteiger partial charge in [0.25, 0.3) is 5.91 Å². The van der Waals surface area contributed by atoms with Crippen molar-refractivity contribution in [2.45, 2.75) is 18.8 Å². The van der Waals surface area contributed by atoms with Crippen LogP contribution in [0.25, 0.3) is 0 Å². The normalized spacial score (nSPS) is 14.8. The highest BCUT2D eigenvalue weighted by atomic mass is 79.9. The van der Waals surface area contributed by atoms with Crippen molar-refractivity contribution in [1.29, 1.82) is 0 Å². The number of nitrogens with one attached hydrogen (secondary N) is 1. The fourth-order valence-corrected chi connectivity index (χ4v) is 2.22. The van der Waals surface area contributed by atoms with E-state index in [0.717, 1.165) is 17.3 Å². The molecule has 2 aromatic rings. The van der Waals surface area contributed by atoms with Crippen LogP contribution >= 0.6 is 15.9 Å². The van der Waals surface area contributed by atoms with Crippen molar-refractivity contribution < 1.29 is 9.21 Å². The minimum atomic E-state index is -0.269. The summed E-state index contributed by atoms with van der Waals surface area (Å²) in [6.07, 6.45) is 3.97. The van der Waals surface area contributed by atoms with Gasteiger partial charge in [0.1, 0.15) is 5.69 Å². The van der Waals surface area contributed by atoms with Crippen molar-refractivity contribution in [2.24, 2.45) is 7.05 Å². The predicted octanol–water partition coefficient (Wildman–Crippen LogP) is 2.30. The average Bonchev–Trinajstić information content (AvgIpc) is 2.97. The topological polar surface area (TPSA) is 73.0 Å². The minimum Gasteiger partial charge on any atom is -0.408 e. The monoisotopic (exact) mass is 310 g/mol. The number of hydrogen-bond acceptors (Lipinski definition) is 4. The zero-order valence-corrected chi connectivity index (χ0v) is 11.3. The molecule has 0 saturated heterocycles. The Morgan fingerprint density at radius 3 is 2.94 bits per heavy atom. The van der Waals surface area contributed by atoms with Crippen molar-refractivity contribution in [3.05, 3.63) is 28.3 Å². The summed E-state index contributed by atoms with van der Waals surface area (Å²) < 4.78 is 7.94. The van der Waals surface area contributed by atoms with Gasteiger partial charge in [-0.3, -0.25) is 10.1 Å². The van der Waals surface area contributed by atoms with Crippen LogP contribution in [-0.2, 0) is 7.05 Å². The SMILES string of the molecule is Cn1cc(Br)cc1C(=O)Nc1nnc(C2CC2)o1. The number of nitrogens with zero attached hydrogens (tertiary/aromatic N) is 3. The molecule has 0 unspecified atom stereocenters. The maximum absolute atomic E-state index is 12.0. The van der Waals surface area contributed by atoms with Crippen molar-refractivity contribution >= 4 is 27.9 Å². The molecule has 0 spiro atoms. The highest BCUT2D eigenvalue weighted by Gasteiger charge is 2.29. The summed E-state index contributed by atoms with van der Waals surface area (Å²) in [5.74, 6) is 0.722. The van der Waals surface area contributed by atoms with E-state index in [1.54, 1.807) is 23.9 Å². The molecule has 0 bridgehead atoms. The van der Waals surface area contributed by atoms with E-state index in [9.17, 15) is 4.79 Å². The number of halogens is 1. The number of hydrogen-bond donors (Lipinski definition) is 1. The van der Waals surface area contributed by atoms with Crippen LogP contribution in [-0.4, -0.2) is 20.7 Å². The quantitative estimate of drug-likeness (QED) is 0.944. The van der Waals surface area contributed by atoms with Crippen molar-refractivity contribution in [1.82, 2.24) is 14.8 Å². The van der Waals surface area contributed by atoms with Crippen LogP contribution in [0.2, 0.25) is 0 Å². The number of rotatable bonds is 3. The third-order valence-electron chi connectivity index (χ3n) is 2.79. The summed E-state index contributed by atoms with van der Waals surface area (Å²) in [5.41, 5.74) is 0.521. The average molecular weight is 311 g/mol. The third kappa shape index (κ3) is 2.17. The van der Waals surface area contributed by atoms with Gasteiger partial charge in [-0.25, -0.2) is 0 Å². The molecule has 18 heavy (non-hydrogen) atoms. The molecule has 1 aliphatic carbocycles. The second-order valence-corrected chi connectivity index (χ2v) is 5.24. The van der Waals surface area contributed by atoms with Crippen LogP contribution in [0.5, 0.6) is 0 Å². The van der Waals surface area contributed by atoms with Gasteiger partial charge < -0.3 is 8.98 Å². The zero-order valence-electron chi connectivity index (χ0n) is 9.68. The molecule has 2 heterocycles. The summed E-state index contributed by atoms with van der Waals surface area (Å²) in [6, 6.07) is 1.88. The van der Waals surface area contributed by atoms with E-state index in [4.69, 9.17) is 4.42 Å². The van der Waals surface area contributed by atoms with Gasteiger partial charge in [0.2, 0.25) is 5.89 Å². The lowest BCUT2D eigenvalue weighted by atomic mass is 10.4. The molecule has 0 radical (unpaired) electrons. The first kappa shape index (κ1) is 11.5. The van der Waals surface area contributed by atoms with E-state index < -0.39 is 0 Å². The minimum absolute atomic E-state index is 0.152. The largest absolute Gasteiger partial charge is 0.408 e. The summed E-state index contributed by atoms with van der Waals surface area (Å²) >= 11 is 3.32. The van der Waals surface area contributed by atoms with Crippen LogP contribution in [0.15, 0.2) is 21.2 Å². The van der Waals surface area contributed by atoms with Crippen molar-refractivity contribution in [3.63, 3.8) is 0 Å². The van der Waals surface area contributed by atoms with Gasteiger partial charge in [0.15, 0.2) is 0 Å². The summed E-state index contributed by atoms with van der Waals surface area (Å²) in [4.78, 5) is 12.0. The van der Waals surface area contributed by atoms with E-state index in [-0.39, 0.29) is 11.9 Å². The maximum Gasteiger partial charge on any atom is 0.322 e. The van der Waals surface area contributed by atoms with E-state index in [2.05, 4.69) is 31.4 Å². The van der Waals surface area contributed by atoms with E-state index in [0.29, 0.717) is 17.5 Å². The fraction of sp³-hybridized carbons (Fsp3) is 0.364. The Labute approximate surface area is 112 Å². The van der Waals surface area contributed by atoms with Crippen LogP contribution < -0.4 is 5.32 Å². The summed E-state index contributed by atoms with van der Waals surface area (Å²) in [7, 11) is 1.79. The molecule has 1 fully saturated rings. The molecule has 0 atom stereocenters. The molecule has 3 rings (SSSR count). The Morgan fingerprint density at radius 1 is 1.56 bits per heavy atom. The summed E-state index contributed by atoms with van der Waals surface area (Å²) in [5, 5.41) is 10.3. The van der Waals surface area contributed by atoms with Gasteiger partial charge in [0, 0.05) is 23.6 Å². The molecular formula is C11H11BrN4O2. The van der Waals surface area contributed by atoms with Gasteiger partial charge in [0.05, 0.1) is 0 Å². The van der Waals surface area contributed by atoms with Crippen LogP contribution in [0.1, 0.15) is 35.1 Å². The Morgan fingerprint density at radius 2 is 2.33 bits per heavy atom. The lowest BCUT2D eigenvalue weighted by Gasteiger charge is -2.01. The van der Waals surface area contributed by atoms with Crippen LogP contribution in [0.3, 0.4) is 0 Å². The lowest BCUT2D eigenvalue weighted by molar-refractivity contribution is 0.101. The Bertz CT molecular complexity index is 600. The second kappa shape index (κ2) is 4.24. The first-order chi connectivity index (χ1) is 8.63. The van der Waals surface area contributed by atoms with Gasteiger partial charge in [-0.15, -0.1) is 5.10 Å². The molecule has 94 valence electrons. The number of amides is 1. The van der Waals surface area contributed by atoms with Gasteiger partial charge >= 0.3 is 6.01 Å². The Balaban J connectivity index is 1.74. The Hall–Kier alpha value is -1.63. The molecule has 1 amide bonds. The van der Waals surface area contributed by atoms with Gasteiger partial charge in [-0.05, 0) is 34.8 Å². The van der Waals surface area contributed by atoms with Crippen LogP contribution in [0.4, 0.5) is 6.01 Å². The molecule has 1 saturated carbocycles. The highest BCUT2D eigenvalue weighted by molar-refractivity contribution is 9.10. The second-order valence-electron chi connectivity index (χ2n) is 4.33. The van der Waals surface area contributed by atoms with E-state index >= 15 is 0 Å². The molecule has 0 aromatic carbocycles. The number of aryl methyl sites for hydroxylation is 1. The number of carbonyl (C=O) groups excluding carboxylic acids is 1. The third-order valence-corrected chi connectivity index (χ3v) is 3.23. The standard InChI is InChI=1S/C11H11BrN4O2/c1-16-5-7(12)4-8(16)9(17)13-11-15-14-10(18-11)6-2-3-6/h4-6H,2-3H2,1H3,(H,13,15,17). The smallest absolute Gasteiger partial charge is 0.322 e. The molecule has 1 N–H and O–H groups in total. The summed E-state index contributed by atoms with van der Waals surface area (Å²) in [6.45, 7) is 0. The number of carbonyl (C=O) groups is 1. The number of anilines is 1. The van der Waals surface area contributed by atoms with E-state index in [1.165, 1.54) is 0 Å². The van der Waals surface area contributed by atoms with Crippen molar-refractivity contribution in [2.75, 3.05) is 5.32 Å². The zero-order chi connectivity index (χ0) is 12.7. The fourth-order valence-electron chi connectivity index (χ4n) is 1.69. The first-order valence-corrected chi connectivity index (χ1v) is 6.39. The first-order valence-electron chi connectivity index (χ1n) is 5.60. The molecule has 1 aliphatic rings. The predicted molar refractivity (Wildman–Crippen MR) is 67.3 cm³/mol. The van der Waals surface area contributed by atoms with E-state index in [1.807, 2.05) is 0 Å². The number of aromatic nitrogens is 3. The van der Waals surface area contributed by atoms with Crippen LogP contribution in [0, 0.1) is 0 Å². The van der Waals surface area contributed by atoms with Gasteiger partial charge in [-0.1, -0.05) is 5.10 Å².